The molecule has 0 aliphatic carbocycles. The van der Waals surface area contributed by atoms with E-state index in [0.717, 1.165) is 29.1 Å². The van der Waals surface area contributed by atoms with Crippen molar-refractivity contribution in [3.63, 3.8) is 0 Å². The fraction of sp³-hybridized carbons (Fsp3) is 0.174. The minimum atomic E-state index is 0.164. The Balaban J connectivity index is 1.37. The normalized spacial score (nSPS) is 10.9. The Morgan fingerprint density at radius 1 is 1.03 bits per heavy atom. The molecule has 29 heavy (non-hydrogen) atoms. The van der Waals surface area contributed by atoms with Crippen LogP contribution in [0.3, 0.4) is 0 Å². The van der Waals surface area contributed by atoms with Crippen molar-refractivity contribution in [2.45, 2.75) is 25.9 Å². The standard InChI is InChI=1S/C23H22N4OS/c24-13-19-12-23(27-15-26-19)25-14-16-4-3-6-17(10-16)21(28)9-8-20-11-18-5-1-2-7-22(18)29-20/h1-7,10-12,15H,8-9,13-14,24H2,(H,25,26,27). The molecule has 2 aromatic carbocycles. The molecule has 2 aromatic heterocycles. The van der Waals surface area contributed by atoms with Crippen molar-refractivity contribution >= 4 is 33.0 Å². The molecule has 0 aliphatic rings. The van der Waals surface area contributed by atoms with E-state index in [1.807, 2.05) is 42.5 Å². The number of fused-ring (bicyclic) bond motifs is 1. The summed E-state index contributed by atoms with van der Waals surface area (Å²) in [4.78, 5) is 22.2. The number of aromatic nitrogens is 2. The highest BCUT2D eigenvalue weighted by atomic mass is 32.1. The van der Waals surface area contributed by atoms with Gasteiger partial charge in [-0.05, 0) is 35.6 Å². The number of nitrogens with one attached hydrogen (secondary N) is 1. The van der Waals surface area contributed by atoms with Gasteiger partial charge in [-0.2, -0.15) is 0 Å². The Labute approximate surface area is 173 Å². The summed E-state index contributed by atoms with van der Waals surface area (Å²) in [6.45, 7) is 0.958. The van der Waals surface area contributed by atoms with Crippen LogP contribution in [0, 0.1) is 0 Å². The summed E-state index contributed by atoms with van der Waals surface area (Å²) in [5.41, 5.74) is 8.18. The summed E-state index contributed by atoms with van der Waals surface area (Å²) in [7, 11) is 0. The van der Waals surface area contributed by atoms with Crippen molar-refractivity contribution in [3.05, 3.63) is 88.7 Å². The first-order chi connectivity index (χ1) is 14.2. The van der Waals surface area contributed by atoms with E-state index >= 15 is 0 Å². The second kappa shape index (κ2) is 8.94. The zero-order valence-electron chi connectivity index (χ0n) is 16.0. The average Bonchev–Trinajstić information content (AvgIpc) is 3.19. The van der Waals surface area contributed by atoms with Crippen molar-refractivity contribution in [3.8, 4) is 0 Å². The number of rotatable bonds is 8. The molecule has 4 rings (SSSR count). The Morgan fingerprint density at radius 2 is 1.93 bits per heavy atom. The topological polar surface area (TPSA) is 80.9 Å². The van der Waals surface area contributed by atoms with Crippen LogP contribution in [0.1, 0.15) is 32.9 Å². The lowest BCUT2D eigenvalue weighted by Crippen LogP contribution is -2.06. The van der Waals surface area contributed by atoms with Crippen LogP contribution in [0.4, 0.5) is 5.82 Å². The molecule has 0 atom stereocenters. The van der Waals surface area contributed by atoms with Crippen LogP contribution >= 0.6 is 11.3 Å². The number of hydrogen-bond donors (Lipinski definition) is 2. The molecular weight excluding hydrogens is 380 g/mol. The number of aryl methyl sites for hydroxylation is 1. The third-order valence-electron chi connectivity index (χ3n) is 4.73. The summed E-state index contributed by atoms with van der Waals surface area (Å²) in [6.07, 6.45) is 2.78. The van der Waals surface area contributed by atoms with Crippen LogP contribution < -0.4 is 11.1 Å². The van der Waals surface area contributed by atoms with E-state index in [-0.39, 0.29) is 5.78 Å². The van der Waals surface area contributed by atoms with Crippen molar-refractivity contribution in [2.75, 3.05) is 5.32 Å². The molecule has 0 saturated heterocycles. The molecule has 0 bridgehead atoms. The van der Waals surface area contributed by atoms with Gasteiger partial charge in [-0.15, -0.1) is 11.3 Å². The van der Waals surface area contributed by atoms with Gasteiger partial charge >= 0.3 is 0 Å². The minimum Gasteiger partial charge on any atom is -0.366 e. The lowest BCUT2D eigenvalue weighted by molar-refractivity contribution is 0.0983. The van der Waals surface area contributed by atoms with Crippen molar-refractivity contribution in [2.24, 2.45) is 5.73 Å². The van der Waals surface area contributed by atoms with E-state index in [1.165, 1.54) is 21.3 Å². The number of thiophene rings is 1. The predicted molar refractivity (Wildman–Crippen MR) is 118 cm³/mol. The Bertz CT molecular complexity index is 1110. The van der Waals surface area contributed by atoms with E-state index in [1.54, 1.807) is 11.3 Å². The van der Waals surface area contributed by atoms with Gasteiger partial charge in [0.1, 0.15) is 12.1 Å². The second-order valence-corrected chi connectivity index (χ2v) is 7.99. The third-order valence-corrected chi connectivity index (χ3v) is 5.91. The van der Waals surface area contributed by atoms with E-state index < -0.39 is 0 Å². The number of benzene rings is 2. The molecule has 0 aliphatic heterocycles. The predicted octanol–water partition coefficient (Wildman–Crippen LogP) is 4.58. The Hall–Kier alpha value is -3.09. The van der Waals surface area contributed by atoms with Crippen LogP contribution in [0.5, 0.6) is 0 Å². The lowest BCUT2D eigenvalue weighted by atomic mass is 10.0. The first-order valence-electron chi connectivity index (χ1n) is 9.56. The molecule has 0 saturated carbocycles. The zero-order chi connectivity index (χ0) is 20.1. The monoisotopic (exact) mass is 402 g/mol. The highest BCUT2D eigenvalue weighted by molar-refractivity contribution is 7.19. The maximum atomic E-state index is 12.7. The molecule has 146 valence electrons. The first-order valence-corrected chi connectivity index (χ1v) is 10.4. The SMILES string of the molecule is NCc1cc(NCc2cccc(C(=O)CCc3cc4ccccc4s3)c2)ncn1. The van der Waals surface area contributed by atoms with Gasteiger partial charge in [-0.1, -0.05) is 36.4 Å². The molecule has 0 fully saturated rings. The van der Waals surface area contributed by atoms with E-state index in [4.69, 9.17) is 5.73 Å². The molecule has 2 heterocycles. The van der Waals surface area contributed by atoms with Gasteiger partial charge in [0, 0.05) is 40.7 Å². The smallest absolute Gasteiger partial charge is 0.163 e. The molecule has 4 aromatic rings. The van der Waals surface area contributed by atoms with Gasteiger partial charge in [0.15, 0.2) is 5.78 Å². The molecule has 0 unspecified atom stereocenters. The number of ketones is 1. The Kier molecular flexibility index (Phi) is 5.93. The van der Waals surface area contributed by atoms with Crippen LogP contribution in [0.25, 0.3) is 10.1 Å². The second-order valence-electron chi connectivity index (χ2n) is 6.83. The summed E-state index contributed by atoms with van der Waals surface area (Å²) in [5.74, 6) is 0.888. The van der Waals surface area contributed by atoms with Crippen LogP contribution in [0.2, 0.25) is 0 Å². The summed E-state index contributed by atoms with van der Waals surface area (Å²) >= 11 is 1.76. The maximum Gasteiger partial charge on any atom is 0.163 e. The van der Waals surface area contributed by atoms with Gasteiger partial charge in [0.05, 0.1) is 5.69 Å². The minimum absolute atomic E-state index is 0.164. The summed E-state index contributed by atoms with van der Waals surface area (Å²) in [5, 5.41) is 4.50. The van der Waals surface area contributed by atoms with Gasteiger partial charge in [-0.25, -0.2) is 9.97 Å². The molecule has 5 nitrogen and oxygen atoms in total. The number of anilines is 1. The van der Waals surface area contributed by atoms with Gasteiger partial charge in [0.2, 0.25) is 0 Å². The van der Waals surface area contributed by atoms with Crippen LogP contribution in [-0.2, 0) is 19.5 Å². The fourth-order valence-corrected chi connectivity index (χ4v) is 4.26. The number of nitrogens with two attached hydrogens (primary N) is 1. The molecule has 0 spiro atoms. The number of hydrogen-bond acceptors (Lipinski definition) is 6. The average molecular weight is 403 g/mol. The van der Waals surface area contributed by atoms with Gasteiger partial charge < -0.3 is 11.1 Å². The number of carbonyl (C=O) groups is 1. The highest BCUT2D eigenvalue weighted by Gasteiger charge is 2.09. The van der Waals surface area contributed by atoms with Crippen molar-refractivity contribution in [1.29, 1.82) is 0 Å². The summed E-state index contributed by atoms with van der Waals surface area (Å²) in [6, 6.07) is 20.1. The van der Waals surface area contributed by atoms with Gasteiger partial charge in [0.25, 0.3) is 0 Å². The molecular formula is C23H22N4OS. The van der Waals surface area contributed by atoms with Crippen molar-refractivity contribution < 1.29 is 4.79 Å². The van der Waals surface area contributed by atoms with Crippen LogP contribution in [0.15, 0.2) is 67.0 Å². The third kappa shape index (κ3) is 4.85. The van der Waals surface area contributed by atoms with Crippen molar-refractivity contribution in [1.82, 2.24) is 9.97 Å². The largest absolute Gasteiger partial charge is 0.366 e. The zero-order valence-corrected chi connectivity index (χ0v) is 16.8. The number of nitrogens with zero attached hydrogens (tertiary/aromatic N) is 2. The first kappa shape index (κ1) is 19.2. The van der Waals surface area contributed by atoms with Crippen LogP contribution in [-0.4, -0.2) is 15.8 Å². The highest BCUT2D eigenvalue weighted by Crippen LogP contribution is 2.26. The van der Waals surface area contributed by atoms with E-state index in [2.05, 4.69) is 33.5 Å². The molecule has 3 N–H and O–H groups in total. The lowest BCUT2D eigenvalue weighted by Gasteiger charge is -2.08. The number of Topliss-reactive ketones (excluding diaryl/α,β-unsaturated/α-hetero) is 1. The molecule has 0 amide bonds. The Morgan fingerprint density at radius 3 is 2.79 bits per heavy atom. The van der Waals surface area contributed by atoms with Gasteiger partial charge in [-0.3, -0.25) is 4.79 Å². The summed E-state index contributed by atoms with van der Waals surface area (Å²) < 4.78 is 1.27. The van der Waals surface area contributed by atoms with E-state index in [0.29, 0.717) is 19.5 Å². The molecule has 0 radical (unpaired) electrons. The fourth-order valence-electron chi connectivity index (χ4n) is 3.19. The molecule has 6 heteroatoms. The quantitative estimate of drug-likeness (QED) is 0.422. The maximum absolute atomic E-state index is 12.7. The number of carbonyl (C=O) groups excluding carboxylic acids is 1. The van der Waals surface area contributed by atoms with E-state index in [9.17, 15) is 4.79 Å².